The van der Waals surface area contributed by atoms with Crippen LogP contribution < -0.4 is 0 Å². The summed E-state index contributed by atoms with van der Waals surface area (Å²) in [5, 5.41) is 9.80. The monoisotopic (exact) mass is 488 g/mol. The second-order valence-electron chi connectivity index (χ2n) is 9.34. The van der Waals surface area contributed by atoms with Gasteiger partial charge in [-0.15, -0.1) is 0 Å². The number of nitrogens with zero attached hydrogens (tertiary/aromatic N) is 2. The standard InChI is InChI=1S/C30H36N2O4/c1-5-9-14-23-21(8-4)17-18-32(29(34)25-15-10-11-16-26(25)30(35)36)27(23)20-31-19-22(12-6-2)24(13-7-3)28(31)33/h5-9,12-14,25-27H,1-4,10-11,15-20H2,(H,35,36)/b14-9-,22-12-,24-13+/t25-,26+,27-/m1/s1. The Balaban J connectivity index is 2.02. The number of carbonyl (C=O) groups excluding carboxylic acids is 2. The lowest BCUT2D eigenvalue weighted by molar-refractivity contribution is -0.153. The summed E-state index contributed by atoms with van der Waals surface area (Å²) in [5.74, 6) is -2.43. The molecule has 0 bridgehead atoms. The van der Waals surface area contributed by atoms with Crippen LogP contribution in [0.4, 0.5) is 0 Å². The Morgan fingerprint density at radius 1 is 1.00 bits per heavy atom. The fourth-order valence-electron chi connectivity index (χ4n) is 5.54. The van der Waals surface area contributed by atoms with E-state index in [0.717, 1.165) is 29.6 Å². The smallest absolute Gasteiger partial charge is 0.307 e. The van der Waals surface area contributed by atoms with Crippen molar-refractivity contribution in [3.8, 4) is 0 Å². The number of amides is 2. The van der Waals surface area contributed by atoms with E-state index in [2.05, 4.69) is 26.3 Å². The predicted octanol–water partition coefficient (Wildman–Crippen LogP) is 4.77. The summed E-state index contributed by atoms with van der Waals surface area (Å²) >= 11 is 0. The van der Waals surface area contributed by atoms with Crippen LogP contribution in [0.5, 0.6) is 0 Å². The van der Waals surface area contributed by atoms with Crippen molar-refractivity contribution in [3.63, 3.8) is 0 Å². The van der Waals surface area contributed by atoms with Crippen LogP contribution in [0.1, 0.15) is 32.1 Å². The summed E-state index contributed by atoms with van der Waals surface area (Å²) < 4.78 is 0. The van der Waals surface area contributed by atoms with Crippen molar-refractivity contribution in [2.45, 2.75) is 38.1 Å². The summed E-state index contributed by atoms with van der Waals surface area (Å²) in [7, 11) is 0. The van der Waals surface area contributed by atoms with Crippen LogP contribution in [0.15, 0.2) is 97.2 Å². The molecular weight excluding hydrogens is 452 g/mol. The fourth-order valence-corrected chi connectivity index (χ4v) is 5.54. The minimum absolute atomic E-state index is 0.130. The van der Waals surface area contributed by atoms with Crippen LogP contribution >= 0.6 is 0 Å². The molecule has 1 saturated heterocycles. The Morgan fingerprint density at radius 2 is 1.69 bits per heavy atom. The third kappa shape index (κ3) is 5.59. The first-order valence-electron chi connectivity index (χ1n) is 12.5. The number of hydrogen-bond acceptors (Lipinski definition) is 3. The van der Waals surface area contributed by atoms with E-state index in [0.29, 0.717) is 37.9 Å². The van der Waals surface area contributed by atoms with Gasteiger partial charge in [-0.05, 0) is 42.1 Å². The molecule has 3 atom stereocenters. The maximum absolute atomic E-state index is 13.9. The van der Waals surface area contributed by atoms with E-state index in [1.165, 1.54) is 0 Å². The van der Waals surface area contributed by atoms with Gasteiger partial charge >= 0.3 is 5.97 Å². The average molecular weight is 489 g/mol. The summed E-state index contributed by atoms with van der Waals surface area (Å²) in [5.41, 5.74) is 3.32. The average Bonchev–Trinajstić information content (AvgIpc) is 3.16. The van der Waals surface area contributed by atoms with E-state index < -0.39 is 23.8 Å². The highest BCUT2D eigenvalue weighted by molar-refractivity contribution is 6.01. The number of aliphatic carboxylic acids is 1. The van der Waals surface area contributed by atoms with Gasteiger partial charge in [0, 0.05) is 25.2 Å². The van der Waals surface area contributed by atoms with Crippen LogP contribution in [-0.4, -0.2) is 58.4 Å². The molecule has 1 aliphatic carbocycles. The van der Waals surface area contributed by atoms with Crippen molar-refractivity contribution in [3.05, 3.63) is 97.2 Å². The molecule has 3 aliphatic rings. The number of carbonyl (C=O) groups is 3. The largest absolute Gasteiger partial charge is 0.481 e. The molecule has 0 unspecified atom stereocenters. The lowest BCUT2D eigenvalue weighted by Crippen LogP contribution is -2.54. The third-order valence-electron chi connectivity index (χ3n) is 7.29. The van der Waals surface area contributed by atoms with E-state index in [-0.39, 0.29) is 18.4 Å². The number of likely N-dealkylation sites (tertiary alicyclic amines) is 1. The maximum atomic E-state index is 13.9. The quantitative estimate of drug-likeness (QED) is 0.375. The van der Waals surface area contributed by atoms with Gasteiger partial charge in [0.15, 0.2) is 0 Å². The second-order valence-corrected chi connectivity index (χ2v) is 9.34. The van der Waals surface area contributed by atoms with Crippen molar-refractivity contribution in [1.29, 1.82) is 0 Å². The fraction of sp³-hybridized carbons (Fsp3) is 0.367. The van der Waals surface area contributed by atoms with E-state index in [4.69, 9.17) is 0 Å². The molecule has 0 aromatic rings. The first-order chi connectivity index (χ1) is 17.4. The zero-order valence-corrected chi connectivity index (χ0v) is 20.9. The topological polar surface area (TPSA) is 77.9 Å². The molecule has 6 nitrogen and oxygen atoms in total. The Hall–Kier alpha value is -3.67. The first-order valence-corrected chi connectivity index (χ1v) is 12.5. The second kappa shape index (κ2) is 12.3. The number of carboxylic acid groups (broad SMARTS) is 1. The predicted molar refractivity (Wildman–Crippen MR) is 143 cm³/mol. The number of carboxylic acids is 1. The zero-order valence-electron chi connectivity index (χ0n) is 20.9. The van der Waals surface area contributed by atoms with Crippen LogP contribution in [0.25, 0.3) is 0 Å². The highest BCUT2D eigenvalue weighted by Gasteiger charge is 2.43. The molecule has 2 aliphatic heterocycles. The van der Waals surface area contributed by atoms with Gasteiger partial charge in [0.2, 0.25) is 5.91 Å². The minimum Gasteiger partial charge on any atom is -0.481 e. The molecule has 36 heavy (non-hydrogen) atoms. The van der Waals surface area contributed by atoms with Gasteiger partial charge in [0.1, 0.15) is 0 Å². The summed E-state index contributed by atoms with van der Waals surface area (Å²) in [4.78, 5) is 42.7. The third-order valence-corrected chi connectivity index (χ3v) is 7.29. The van der Waals surface area contributed by atoms with E-state index in [9.17, 15) is 19.5 Å². The molecule has 2 fully saturated rings. The highest BCUT2D eigenvalue weighted by atomic mass is 16.4. The molecule has 1 N–H and O–H groups in total. The molecule has 0 aromatic heterocycles. The van der Waals surface area contributed by atoms with Gasteiger partial charge in [0.05, 0.1) is 17.9 Å². The maximum Gasteiger partial charge on any atom is 0.307 e. The van der Waals surface area contributed by atoms with E-state index in [1.54, 1.807) is 40.2 Å². The molecule has 2 heterocycles. The van der Waals surface area contributed by atoms with Gasteiger partial charge in [-0.1, -0.05) is 81.7 Å². The Bertz CT molecular complexity index is 1070. The van der Waals surface area contributed by atoms with Gasteiger partial charge in [-0.2, -0.15) is 0 Å². The van der Waals surface area contributed by atoms with Gasteiger partial charge in [0.25, 0.3) is 5.91 Å². The lowest BCUT2D eigenvalue weighted by atomic mass is 9.77. The van der Waals surface area contributed by atoms with Crippen LogP contribution in [0.2, 0.25) is 0 Å². The van der Waals surface area contributed by atoms with Crippen LogP contribution in [-0.2, 0) is 14.4 Å². The molecule has 0 aromatic carbocycles. The zero-order chi connectivity index (χ0) is 26.2. The van der Waals surface area contributed by atoms with Crippen LogP contribution in [0, 0.1) is 11.8 Å². The minimum atomic E-state index is -0.913. The summed E-state index contributed by atoms with van der Waals surface area (Å²) in [6, 6.07) is -0.427. The van der Waals surface area contributed by atoms with Crippen molar-refractivity contribution in [2.75, 3.05) is 19.6 Å². The summed E-state index contributed by atoms with van der Waals surface area (Å²) in [6.07, 6.45) is 17.3. The number of allylic oxidation sites excluding steroid dienone is 7. The van der Waals surface area contributed by atoms with Gasteiger partial charge in [-0.25, -0.2) is 0 Å². The molecule has 6 heteroatoms. The van der Waals surface area contributed by atoms with Crippen LogP contribution in [0.3, 0.4) is 0 Å². The molecule has 3 rings (SSSR count). The van der Waals surface area contributed by atoms with E-state index >= 15 is 0 Å². The molecule has 190 valence electrons. The van der Waals surface area contributed by atoms with Crippen molar-refractivity contribution in [2.24, 2.45) is 11.8 Å². The Labute approximate surface area is 214 Å². The van der Waals surface area contributed by atoms with Crippen molar-refractivity contribution in [1.82, 2.24) is 9.80 Å². The molecule has 0 spiro atoms. The first kappa shape index (κ1) is 26.9. The number of hydrogen-bond donors (Lipinski definition) is 1. The van der Waals surface area contributed by atoms with Crippen molar-refractivity contribution < 1.29 is 19.5 Å². The molecular formula is C30H36N2O4. The number of rotatable bonds is 9. The van der Waals surface area contributed by atoms with Gasteiger partial charge in [-0.3, -0.25) is 14.4 Å². The van der Waals surface area contributed by atoms with E-state index in [1.807, 2.05) is 18.2 Å². The lowest BCUT2D eigenvalue weighted by Gasteiger charge is -2.42. The Kier molecular flexibility index (Phi) is 9.23. The highest BCUT2D eigenvalue weighted by Crippen LogP contribution is 2.36. The Morgan fingerprint density at radius 3 is 2.31 bits per heavy atom. The molecule has 1 saturated carbocycles. The molecule has 0 radical (unpaired) electrons. The van der Waals surface area contributed by atoms with Gasteiger partial charge < -0.3 is 14.9 Å². The van der Waals surface area contributed by atoms with Crippen molar-refractivity contribution >= 4 is 17.8 Å². The molecule has 2 amide bonds. The normalized spacial score (nSPS) is 27.1. The SMILES string of the molecule is C=C/C=C\C1=C(C=C)CCN(C(=O)[C@@H]2CCCC[C@@H]2C(=O)O)[C@@H]1CN1CC(=C/C=C)/C(=C\C=C)C1=O. The summed E-state index contributed by atoms with van der Waals surface area (Å²) in [6.45, 7) is 16.4.